The molecule has 0 aliphatic carbocycles. The Bertz CT molecular complexity index is 567. The first-order chi connectivity index (χ1) is 8.25. The highest BCUT2D eigenvalue weighted by Crippen LogP contribution is 2.19. The molecule has 1 aliphatic rings. The van der Waals surface area contributed by atoms with Crippen LogP contribution in [0.5, 0.6) is 0 Å². The van der Waals surface area contributed by atoms with E-state index in [2.05, 4.69) is 10.1 Å². The van der Waals surface area contributed by atoms with Gasteiger partial charge >= 0.3 is 0 Å². The van der Waals surface area contributed by atoms with Gasteiger partial charge in [-0.15, -0.1) is 11.6 Å². The Balaban J connectivity index is 1.96. The third-order valence-corrected chi connectivity index (χ3v) is 3.33. The van der Waals surface area contributed by atoms with Gasteiger partial charge in [0.25, 0.3) is 5.91 Å². The van der Waals surface area contributed by atoms with Crippen molar-refractivity contribution in [1.29, 1.82) is 0 Å². The monoisotopic (exact) mass is 250 g/mol. The minimum atomic E-state index is -0.0175. The SMILES string of the molecule is O=C(c1cnn2ccncc12)N1CCC(Cl)C1. The molecule has 1 saturated heterocycles. The fourth-order valence-electron chi connectivity index (χ4n) is 2.07. The number of carbonyl (C=O) groups excluding carboxylic acids is 1. The Kier molecular flexibility index (Phi) is 2.48. The average molecular weight is 251 g/mol. The van der Waals surface area contributed by atoms with Gasteiger partial charge in [0.2, 0.25) is 0 Å². The maximum absolute atomic E-state index is 12.3. The van der Waals surface area contributed by atoms with Gasteiger partial charge in [-0.25, -0.2) is 4.52 Å². The van der Waals surface area contributed by atoms with E-state index < -0.39 is 0 Å². The number of halogens is 1. The second-order valence-electron chi connectivity index (χ2n) is 4.10. The normalized spacial score (nSPS) is 20.1. The molecular weight excluding hydrogens is 240 g/mol. The highest BCUT2D eigenvalue weighted by Gasteiger charge is 2.27. The summed E-state index contributed by atoms with van der Waals surface area (Å²) < 4.78 is 1.65. The molecule has 0 bridgehead atoms. The quantitative estimate of drug-likeness (QED) is 0.715. The number of fused-ring (bicyclic) bond motifs is 1. The Hall–Kier alpha value is -1.62. The molecule has 3 rings (SSSR count). The lowest BCUT2D eigenvalue weighted by atomic mass is 10.2. The van der Waals surface area contributed by atoms with Crippen molar-refractivity contribution >= 4 is 23.0 Å². The summed E-state index contributed by atoms with van der Waals surface area (Å²) in [6, 6.07) is 0. The van der Waals surface area contributed by atoms with Crippen molar-refractivity contribution in [3.8, 4) is 0 Å². The molecule has 6 heteroatoms. The standard InChI is InChI=1S/C11H11ClN4O/c12-8-1-3-15(7-8)11(17)9-5-14-16-4-2-13-6-10(9)16/h2,4-6,8H,1,3,7H2. The highest BCUT2D eigenvalue weighted by atomic mass is 35.5. The summed E-state index contributed by atoms with van der Waals surface area (Å²) in [6.45, 7) is 1.32. The summed E-state index contributed by atoms with van der Waals surface area (Å²) in [4.78, 5) is 18.0. The number of hydrogen-bond acceptors (Lipinski definition) is 3. The van der Waals surface area contributed by atoms with Crippen LogP contribution in [-0.2, 0) is 0 Å². The molecule has 0 N–H and O–H groups in total. The summed E-state index contributed by atoms with van der Waals surface area (Å²) >= 11 is 6.00. The van der Waals surface area contributed by atoms with Gasteiger partial charge in [-0.1, -0.05) is 0 Å². The number of rotatable bonds is 1. The largest absolute Gasteiger partial charge is 0.337 e. The van der Waals surface area contributed by atoms with Crippen molar-refractivity contribution < 1.29 is 4.79 Å². The molecule has 1 amide bonds. The van der Waals surface area contributed by atoms with Crippen molar-refractivity contribution in [3.63, 3.8) is 0 Å². The third kappa shape index (κ3) is 1.76. The molecule has 1 fully saturated rings. The first-order valence-electron chi connectivity index (χ1n) is 5.46. The molecular formula is C11H11ClN4O. The molecule has 5 nitrogen and oxygen atoms in total. The maximum atomic E-state index is 12.3. The van der Waals surface area contributed by atoms with E-state index in [1.165, 1.54) is 0 Å². The molecule has 1 unspecified atom stereocenters. The number of likely N-dealkylation sites (tertiary alicyclic amines) is 1. The Morgan fingerprint density at radius 2 is 2.35 bits per heavy atom. The van der Waals surface area contributed by atoms with E-state index >= 15 is 0 Å². The summed E-state index contributed by atoms with van der Waals surface area (Å²) in [5, 5.41) is 4.19. The summed E-state index contributed by atoms with van der Waals surface area (Å²) in [7, 11) is 0. The second kappa shape index (κ2) is 4.00. The summed E-state index contributed by atoms with van der Waals surface area (Å²) in [6.07, 6.45) is 7.44. The number of alkyl halides is 1. The maximum Gasteiger partial charge on any atom is 0.257 e. The van der Waals surface area contributed by atoms with Gasteiger partial charge in [0.15, 0.2) is 0 Å². The average Bonchev–Trinajstić information content (AvgIpc) is 2.94. The number of hydrogen-bond donors (Lipinski definition) is 0. The number of nitrogens with zero attached hydrogens (tertiary/aromatic N) is 4. The van der Waals surface area contributed by atoms with Crippen LogP contribution in [0.15, 0.2) is 24.8 Å². The Morgan fingerprint density at radius 3 is 3.12 bits per heavy atom. The molecule has 0 saturated carbocycles. The van der Waals surface area contributed by atoms with Crippen LogP contribution in [0.25, 0.3) is 5.52 Å². The van der Waals surface area contributed by atoms with Crippen LogP contribution in [0, 0.1) is 0 Å². The predicted molar refractivity (Wildman–Crippen MR) is 63.1 cm³/mol. The zero-order valence-corrected chi connectivity index (χ0v) is 9.84. The zero-order chi connectivity index (χ0) is 11.8. The van der Waals surface area contributed by atoms with Gasteiger partial charge in [0, 0.05) is 25.5 Å². The van der Waals surface area contributed by atoms with Crippen molar-refractivity contribution in [2.75, 3.05) is 13.1 Å². The third-order valence-electron chi connectivity index (χ3n) is 2.97. The molecule has 1 atom stereocenters. The van der Waals surface area contributed by atoms with Crippen LogP contribution in [0.4, 0.5) is 0 Å². The van der Waals surface area contributed by atoms with Crippen molar-refractivity contribution in [2.24, 2.45) is 0 Å². The molecule has 0 spiro atoms. The summed E-state index contributed by atoms with van der Waals surface area (Å²) in [5.74, 6) is -0.0175. The fourth-order valence-corrected chi connectivity index (χ4v) is 2.34. The molecule has 2 aromatic rings. The van der Waals surface area contributed by atoms with Gasteiger partial charge in [0.1, 0.15) is 0 Å². The lowest BCUT2D eigenvalue weighted by Gasteiger charge is -2.14. The molecule has 2 aromatic heterocycles. The molecule has 3 heterocycles. The first-order valence-corrected chi connectivity index (χ1v) is 5.90. The van der Waals surface area contributed by atoms with E-state index in [4.69, 9.17) is 11.6 Å². The van der Waals surface area contributed by atoms with E-state index in [1.54, 1.807) is 34.2 Å². The van der Waals surface area contributed by atoms with Crippen LogP contribution >= 0.6 is 11.6 Å². The number of carbonyl (C=O) groups is 1. The van der Waals surface area contributed by atoms with Crippen molar-refractivity contribution in [1.82, 2.24) is 19.5 Å². The lowest BCUT2D eigenvalue weighted by molar-refractivity contribution is 0.0795. The van der Waals surface area contributed by atoms with Gasteiger partial charge in [-0.05, 0) is 6.42 Å². The van der Waals surface area contributed by atoms with E-state index in [0.29, 0.717) is 18.7 Å². The van der Waals surface area contributed by atoms with Gasteiger partial charge in [-0.3, -0.25) is 9.78 Å². The van der Waals surface area contributed by atoms with Crippen molar-refractivity contribution in [3.05, 3.63) is 30.4 Å². The first kappa shape index (κ1) is 10.5. The molecule has 0 aromatic carbocycles. The lowest BCUT2D eigenvalue weighted by Crippen LogP contribution is -2.28. The minimum Gasteiger partial charge on any atom is -0.337 e. The smallest absolute Gasteiger partial charge is 0.257 e. The van der Waals surface area contributed by atoms with Crippen molar-refractivity contribution in [2.45, 2.75) is 11.8 Å². The van der Waals surface area contributed by atoms with Gasteiger partial charge in [0.05, 0.1) is 28.9 Å². The minimum absolute atomic E-state index is 0.0175. The highest BCUT2D eigenvalue weighted by molar-refractivity contribution is 6.21. The van der Waals surface area contributed by atoms with Crippen LogP contribution in [-0.4, -0.2) is 43.9 Å². The van der Waals surface area contributed by atoms with Gasteiger partial charge < -0.3 is 4.90 Å². The van der Waals surface area contributed by atoms with Crippen LogP contribution in [0.2, 0.25) is 0 Å². The zero-order valence-electron chi connectivity index (χ0n) is 9.08. The van der Waals surface area contributed by atoms with E-state index in [1.807, 2.05) is 0 Å². The second-order valence-corrected chi connectivity index (χ2v) is 4.72. The summed E-state index contributed by atoms with van der Waals surface area (Å²) in [5.41, 5.74) is 1.32. The van der Waals surface area contributed by atoms with E-state index in [-0.39, 0.29) is 11.3 Å². The molecule has 17 heavy (non-hydrogen) atoms. The molecule has 88 valence electrons. The van der Waals surface area contributed by atoms with Gasteiger partial charge in [-0.2, -0.15) is 5.10 Å². The Labute approximate surface area is 103 Å². The molecule has 1 aliphatic heterocycles. The van der Waals surface area contributed by atoms with E-state index in [0.717, 1.165) is 11.9 Å². The molecule has 0 radical (unpaired) electrons. The van der Waals surface area contributed by atoms with E-state index in [9.17, 15) is 4.79 Å². The number of amides is 1. The van der Waals surface area contributed by atoms with Crippen LogP contribution in [0.1, 0.15) is 16.8 Å². The number of aromatic nitrogens is 3. The Morgan fingerprint density at radius 1 is 1.47 bits per heavy atom. The van der Waals surface area contributed by atoms with Crippen LogP contribution in [0.3, 0.4) is 0 Å². The topological polar surface area (TPSA) is 50.5 Å². The fraction of sp³-hybridized carbons (Fsp3) is 0.364. The van der Waals surface area contributed by atoms with Crippen LogP contribution < -0.4 is 0 Å². The predicted octanol–water partition coefficient (Wildman–Crippen LogP) is 1.18.